The van der Waals surface area contributed by atoms with E-state index in [4.69, 9.17) is 4.74 Å². The fourth-order valence-corrected chi connectivity index (χ4v) is 2.12. The molecule has 0 aliphatic carbocycles. The van der Waals surface area contributed by atoms with Gasteiger partial charge in [0.1, 0.15) is 5.75 Å². The third kappa shape index (κ3) is 4.61. The molecule has 0 saturated carbocycles. The number of hydrogen-bond donors (Lipinski definition) is 1. The van der Waals surface area contributed by atoms with Crippen molar-refractivity contribution in [3.05, 3.63) is 59.7 Å². The SMILES string of the molecule is Cc1cccc(NCCCCOc2ccccc2C)c1. The summed E-state index contributed by atoms with van der Waals surface area (Å²) in [5.74, 6) is 0.999. The van der Waals surface area contributed by atoms with Crippen LogP contribution in [-0.2, 0) is 0 Å². The highest BCUT2D eigenvalue weighted by Gasteiger charge is 1.97. The van der Waals surface area contributed by atoms with Crippen molar-refractivity contribution in [1.82, 2.24) is 0 Å². The number of hydrogen-bond acceptors (Lipinski definition) is 2. The molecule has 0 aliphatic rings. The lowest BCUT2D eigenvalue weighted by molar-refractivity contribution is 0.306. The molecule has 106 valence electrons. The second-order valence-corrected chi connectivity index (χ2v) is 5.12. The van der Waals surface area contributed by atoms with Gasteiger partial charge in [-0.2, -0.15) is 0 Å². The molecule has 0 heterocycles. The van der Waals surface area contributed by atoms with Gasteiger partial charge in [-0.3, -0.25) is 0 Å². The van der Waals surface area contributed by atoms with Crippen molar-refractivity contribution in [2.75, 3.05) is 18.5 Å². The molecule has 2 heteroatoms. The van der Waals surface area contributed by atoms with E-state index in [9.17, 15) is 0 Å². The summed E-state index contributed by atoms with van der Waals surface area (Å²) in [7, 11) is 0. The third-order valence-corrected chi connectivity index (χ3v) is 3.27. The van der Waals surface area contributed by atoms with Gasteiger partial charge in [0.05, 0.1) is 6.61 Å². The maximum absolute atomic E-state index is 5.78. The molecule has 0 unspecified atom stereocenters. The van der Waals surface area contributed by atoms with Crippen molar-refractivity contribution in [3.8, 4) is 5.75 Å². The van der Waals surface area contributed by atoms with Crippen LogP contribution < -0.4 is 10.1 Å². The molecule has 0 atom stereocenters. The minimum atomic E-state index is 0.778. The zero-order valence-corrected chi connectivity index (χ0v) is 12.4. The second kappa shape index (κ2) is 7.59. The molecule has 0 spiro atoms. The number of para-hydroxylation sites is 1. The number of rotatable bonds is 7. The summed E-state index contributed by atoms with van der Waals surface area (Å²) in [5.41, 5.74) is 3.69. The Hall–Kier alpha value is -1.96. The number of anilines is 1. The largest absolute Gasteiger partial charge is 0.493 e. The molecule has 0 amide bonds. The van der Waals surface area contributed by atoms with E-state index in [1.807, 2.05) is 18.2 Å². The average molecular weight is 269 g/mol. The summed E-state index contributed by atoms with van der Waals surface area (Å²) in [4.78, 5) is 0. The molecule has 2 aromatic rings. The Morgan fingerprint density at radius 3 is 2.60 bits per heavy atom. The Bertz CT molecular complexity index is 536. The zero-order chi connectivity index (χ0) is 14.2. The van der Waals surface area contributed by atoms with Crippen molar-refractivity contribution in [2.24, 2.45) is 0 Å². The Morgan fingerprint density at radius 2 is 1.80 bits per heavy atom. The van der Waals surface area contributed by atoms with Gasteiger partial charge < -0.3 is 10.1 Å². The smallest absolute Gasteiger partial charge is 0.122 e. The maximum atomic E-state index is 5.78. The topological polar surface area (TPSA) is 21.3 Å². The van der Waals surface area contributed by atoms with E-state index < -0.39 is 0 Å². The molecule has 0 bridgehead atoms. The van der Waals surface area contributed by atoms with Crippen LogP contribution in [0.2, 0.25) is 0 Å². The fourth-order valence-electron chi connectivity index (χ4n) is 2.12. The molecule has 0 aliphatic heterocycles. The lowest BCUT2D eigenvalue weighted by Crippen LogP contribution is -2.05. The van der Waals surface area contributed by atoms with Crippen molar-refractivity contribution in [3.63, 3.8) is 0 Å². The van der Waals surface area contributed by atoms with Crippen molar-refractivity contribution in [1.29, 1.82) is 0 Å². The third-order valence-electron chi connectivity index (χ3n) is 3.27. The van der Waals surface area contributed by atoms with Gasteiger partial charge in [-0.05, 0) is 56.0 Å². The summed E-state index contributed by atoms with van der Waals surface area (Å²) >= 11 is 0. The van der Waals surface area contributed by atoms with E-state index in [0.29, 0.717) is 0 Å². The Balaban J connectivity index is 1.61. The average Bonchev–Trinajstić information content (AvgIpc) is 2.44. The van der Waals surface area contributed by atoms with Gasteiger partial charge in [-0.25, -0.2) is 0 Å². The highest BCUT2D eigenvalue weighted by atomic mass is 16.5. The van der Waals surface area contributed by atoms with Gasteiger partial charge in [-0.15, -0.1) is 0 Å². The normalized spacial score (nSPS) is 10.3. The lowest BCUT2D eigenvalue weighted by Gasteiger charge is -2.09. The van der Waals surface area contributed by atoms with Crippen LogP contribution in [0.25, 0.3) is 0 Å². The van der Waals surface area contributed by atoms with Crippen LogP contribution in [-0.4, -0.2) is 13.2 Å². The summed E-state index contributed by atoms with van der Waals surface area (Å²) < 4.78 is 5.78. The minimum Gasteiger partial charge on any atom is -0.493 e. The van der Waals surface area contributed by atoms with E-state index >= 15 is 0 Å². The fraction of sp³-hybridized carbons (Fsp3) is 0.333. The number of unbranched alkanes of at least 4 members (excludes halogenated alkanes) is 1. The lowest BCUT2D eigenvalue weighted by atomic mass is 10.2. The highest BCUT2D eigenvalue weighted by Crippen LogP contribution is 2.16. The first-order chi connectivity index (χ1) is 9.75. The predicted molar refractivity (Wildman–Crippen MR) is 85.6 cm³/mol. The Morgan fingerprint density at radius 1 is 0.950 bits per heavy atom. The van der Waals surface area contributed by atoms with Gasteiger partial charge in [0.15, 0.2) is 0 Å². The molecular weight excluding hydrogens is 246 g/mol. The number of benzene rings is 2. The van der Waals surface area contributed by atoms with E-state index in [-0.39, 0.29) is 0 Å². The van der Waals surface area contributed by atoms with Gasteiger partial charge in [-0.1, -0.05) is 30.3 Å². The quantitative estimate of drug-likeness (QED) is 0.743. The molecule has 0 radical (unpaired) electrons. The number of aryl methyl sites for hydroxylation is 2. The first kappa shape index (κ1) is 14.4. The molecular formula is C18H23NO. The summed E-state index contributed by atoms with van der Waals surface area (Å²) in [6, 6.07) is 16.6. The van der Waals surface area contributed by atoms with Gasteiger partial charge in [0, 0.05) is 12.2 Å². The predicted octanol–water partition coefficient (Wildman–Crippen LogP) is 4.57. The zero-order valence-electron chi connectivity index (χ0n) is 12.4. The van der Waals surface area contributed by atoms with Crippen LogP contribution >= 0.6 is 0 Å². The van der Waals surface area contributed by atoms with Crippen LogP contribution in [0, 0.1) is 13.8 Å². The van der Waals surface area contributed by atoms with Crippen LogP contribution in [0.15, 0.2) is 48.5 Å². The van der Waals surface area contributed by atoms with Gasteiger partial charge in [0.2, 0.25) is 0 Å². The van der Waals surface area contributed by atoms with Gasteiger partial charge >= 0.3 is 0 Å². The molecule has 0 fully saturated rings. The molecule has 2 aromatic carbocycles. The van der Waals surface area contributed by atoms with Crippen molar-refractivity contribution < 1.29 is 4.74 Å². The van der Waals surface area contributed by atoms with E-state index in [2.05, 4.69) is 49.5 Å². The minimum absolute atomic E-state index is 0.778. The summed E-state index contributed by atoms with van der Waals surface area (Å²) in [6.07, 6.45) is 2.17. The second-order valence-electron chi connectivity index (χ2n) is 5.12. The highest BCUT2D eigenvalue weighted by molar-refractivity contribution is 5.45. The summed E-state index contributed by atoms with van der Waals surface area (Å²) in [5, 5.41) is 3.44. The van der Waals surface area contributed by atoms with E-state index in [1.165, 1.54) is 16.8 Å². The van der Waals surface area contributed by atoms with Crippen molar-refractivity contribution in [2.45, 2.75) is 26.7 Å². The van der Waals surface area contributed by atoms with Crippen LogP contribution in [0.5, 0.6) is 5.75 Å². The van der Waals surface area contributed by atoms with E-state index in [0.717, 1.165) is 31.7 Å². The Kier molecular flexibility index (Phi) is 5.48. The first-order valence-electron chi connectivity index (χ1n) is 7.25. The van der Waals surface area contributed by atoms with Crippen LogP contribution in [0.4, 0.5) is 5.69 Å². The number of nitrogens with one attached hydrogen (secondary N) is 1. The molecule has 0 aromatic heterocycles. The van der Waals surface area contributed by atoms with Crippen LogP contribution in [0.3, 0.4) is 0 Å². The Labute approximate surface area is 121 Å². The monoisotopic (exact) mass is 269 g/mol. The molecule has 0 saturated heterocycles. The van der Waals surface area contributed by atoms with Gasteiger partial charge in [0.25, 0.3) is 0 Å². The molecule has 1 N–H and O–H groups in total. The standard InChI is InChI=1S/C18H23NO/c1-15-8-7-10-17(14-15)19-12-5-6-13-20-18-11-4-3-9-16(18)2/h3-4,7-11,14,19H,5-6,12-13H2,1-2H3. The molecule has 2 rings (SSSR count). The van der Waals surface area contributed by atoms with Crippen molar-refractivity contribution >= 4 is 5.69 Å². The van der Waals surface area contributed by atoms with Crippen LogP contribution in [0.1, 0.15) is 24.0 Å². The molecule has 2 nitrogen and oxygen atoms in total. The van der Waals surface area contributed by atoms with E-state index in [1.54, 1.807) is 0 Å². The number of ether oxygens (including phenoxy) is 1. The summed E-state index contributed by atoms with van der Waals surface area (Å²) in [6.45, 7) is 5.96. The maximum Gasteiger partial charge on any atom is 0.122 e. The molecule has 20 heavy (non-hydrogen) atoms. The first-order valence-corrected chi connectivity index (χ1v) is 7.25.